The van der Waals surface area contributed by atoms with Crippen LogP contribution in [0.25, 0.3) is 0 Å². The second kappa shape index (κ2) is 45.0. The molecule has 0 spiro atoms. The summed E-state index contributed by atoms with van der Waals surface area (Å²) in [6, 6.07) is 0. The largest absolute Gasteiger partial charge is 0.472 e. The summed E-state index contributed by atoms with van der Waals surface area (Å²) in [5.41, 5.74) is 0. The fourth-order valence-electron chi connectivity index (χ4n) is 6.34. The molecule has 8 nitrogen and oxygen atoms in total. The SMILES string of the molecule is CC/C=C\C/C=C\C/C=C\C/C=C\C/C=C\CCCC(=O)OC(COC(=O)CCCCCCCCCCCCC/C=C\CCCCCCCCCC)COP(=O)(O)OC. The number of unbranched alkanes of at least 4 members (excludes halogenated alkanes) is 20. The van der Waals surface area contributed by atoms with E-state index in [4.69, 9.17) is 14.0 Å². The van der Waals surface area contributed by atoms with E-state index in [1.54, 1.807) is 0 Å². The Balaban J connectivity index is 3.99. The molecule has 0 rings (SSSR count). The van der Waals surface area contributed by atoms with Gasteiger partial charge in [0.05, 0.1) is 6.61 Å². The van der Waals surface area contributed by atoms with E-state index in [-0.39, 0.29) is 25.4 Å². The first-order valence-electron chi connectivity index (χ1n) is 23.6. The highest BCUT2D eigenvalue weighted by molar-refractivity contribution is 7.47. The topological polar surface area (TPSA) is 108 Å². The predicted octanol–water partition coefficient (Wildman–Crippen LogP) is 15.3. The van der Waals surface area contributed by atoms with Crippen LogP contribution in [0.5, 0.6) is 0 Å². The Morgan fingerprint density at radius 2 is 0.881 bits per heavy atom. The van der Waals surface area contributed by atoms with Crippen molar-refractivity contribution in [3.05, 3.63) is 72.9 Å². The Labute approximate surface area is 362 Å². The van der Waals surface area contributed by atoms with Crippen molar-refractivity contribution in [3.8, 4) is 0 Å². The van der Waals surface area contributed by atoms with Crippen LogP contribution in [-0.4, -0.2) is 43.3 Å². The fourth-order valence-corrected chi connectivity index (χ4v) is 6.80. The van der Waals surface area contributed by atoms with Crippen molar-refractivity contribution in [1.29, 1.82) is 0 Å². The van der Waals surface area contributed by atoms with Gasteiger partial charge in [-0.1, -0.05) is 189 Å². The average Bonchev–Trinajstić information content (AvgIpc) is 3.23. The van der Waals surface area contributed by atoms with Crippen LogP contribution in [0.1, 0.15) is 206 Å². The molecule has 1 N–H and O–H groups in total. The lowest BCUT2D eigenvalue weighted by Gasteiger charge is -2.19. The van der Waals surface area contributed by atoms with E-state index >= 15 is 0 Å². The summed E-state index contributed by atoms with van der Waals surface area (Å²) >= 11 is 0. The van der Waals surface area contributed by atoms with Crippen molar-refractivity contribution in [2.75, 3.05) is 20.3 Å². The monoisotopic (exact) mass is 847 g/mol. The lowest BCUT2D eigenvalue weighted by molar-refractivity contribution is -0.161. The molecular weight excluding hydrogens is 760 g/mol. The summed E-state index contributed by atoms with van der Waals surface area (Å²) in [4.78, 5) is 34.5. The van der Waals surface area contributed by atoms with Crippen LogP contribution in [0, 0.1) is 0 Å². The molecule has 2 unspecified atom stereocenters. The van der Waals surface area contributed by atoms with E-state index in [9.17, 15) is 19.0 Å². The van der Waals surface area contributed by atoms with E-state index in [0.717, 1.165) is 58.5 Å². The number of hydrogen-bond donors (Lipinski definition) is 1. The Kier molecular flexibility index (Phi) is 43.1. The Bertz CT molecular complexity index is 1190. The molecule has 0 aromatic rings. The number of carbonyl (C=O) groups is 2. The van der Waals surface area contributed by atoms with Gasteiger partial charge in [-0.25, -0.2) is 4.57 Å². The molecular formula is C50H87O8P. The van der Waals surface area contributed by atoms with E-state index in [1.165, 1.54) is 116 Å². The van der Waals surface area contributed by atoms with Crippen molar-refractivity contribution in [2.24, 2.45) is 0 Å². The maximum absolute atomic E-state index is 12.5. The van der Waals surface area contributed by atoms with Crippen molar-refractivity contribution < 1.29 is 37.6 Å². The maximum atomic E-state index is 12.5. The average molecular weight is 847 g/mol. The van der Waals surface area contributed by atoms with Crippen molar-refractivity contribution >= 4 is 19.8 Å². The summed E-state index contributed by atoms with van der Waals surface area (Å²) < 4.78 is 32.0. The summed E-state index contributed by atoms with van der Waals surface area (Å²) in [6.07, 6.45) is 58.3. The lowest BCUT2D eigenvalue weighted by atomic mass is 10.0. The number of phosphoric acid groups is 1. The van der Waals surface area contributed by atoms with Gasteiger partial charge < -0.3 is 14.4 Å². The molecule has 2 atom stereocenters. The van der Waals surface area contributed by atoms with Crippen LogP contribution in [0.2, 0.25) is 0 Å². The van der Waals surface area contributed by atoms with Crippen molar-refractivity contribution in [1.82, 2.24) is 0 Å². The molecule has 0 fully saturated rings. The normalized spacial score (nSPS) is 13.9. The quantitative estimate of drug-likeness (QED) is 0.0280. The zero-order valence-corrected chi connectivity index (χ0v) is 38.8. The number of rotatable bonds is 43. The number of hydrogen-bond acceptors (Lipinski definition) is 7. The number of allylic oxidation sites excluding steroid dienone is 12. The summed E-state index contributed by atoms with van der Waals surface area (Å²) in [6.45, 7) is 3.74. The molecule has 0 aliphatic rings. The molecule has 9 heteroatoms. The van der Waals surface area contributed by atoms with Crippen LogP contribution < -0.4 is 0 Å². The summed E-state index contributed by atoms with van der Waals surface area (Å²) in [5, 5.41) is 0. The van der Waals surface area contributed by atoms with Gasteiger partial charge in [0.25, 0.3) is 0 Å². The van der Waals surface area contributed by atoms with Crippen LogP contribution in [0.3, 0.4) is 0 Å². The van der Waals surface area contributed by atoms with E-state index < -0.39 is 26.5 Å². The highest BCUT2D eigenvalue weighted by atomic mass is 31.2. The molecule has 0 heterocycles. The van der Waals surface area contributed by atoms with Crippen molar-refractivity contribution in [3.63, 3.8) is 0 Å². The molecule has 0 radical (unpaired) electrons. The zero-order chi connectivity index (χ0) is 43.2. The first-order valence-corrected chi connectivity index (χ1v) is 25.1. The second-order valence-corrected chi connectivity index (χ2v) is 17.1. The molecule has 0 aromatic heterocycles. The van der Waals surface area contributed by atoms with Gasteiger partial charge >= 0.3 is 19.8 Å². The summed E-state index contributed by atoms with van der Waals surface area (Å²) in [7, 11) is -3.23. The first kappa shape index (κ1) is 56.5. The Hall–Kier alpha value is -2.51. The minimum Gasteiger partial charge on any atom is -0.462 e. The molecule has 0 amide bonds. The van der Waals surface area contributed by atoms with Gasteiger partial charge in [-0.15, -0.1) is 0 Å². The van der Waals surface area contributed by atoms with Gasteiger partial charge in [-0.05, 0) is 77.0 Å². The molecule has 0 bridgehead atoms. The molecule has 0 saturated heterocycles. The van der Waals surface area contributed by atoms with Gasteiger partial charge in [-0.3, -0.25) is 18.6 Å². The molecule has 340 valence electrons. The fraction of sp³-hybridized carbons (Fsp3) is 0.720. The van der Waals surface area contributed by atoms with Gasteiger partial charge in [0.2, 0.25) is 0 Å². The minimum absolute atomic E-state index is 0.164. The third-order valence-corrected chi connectivity index (χ3v) is 10.9. The predicted molar refractivity (Wildman–Crippen MR) is 248 cm³/mol. The smallest absolute Gasteiger partial charge is 0.462 e. The van der Waals surface area contributed by atoms with Crippen molar-refractivity contribution in [2.45, 2.75) is 213 Å². The van der Waals surface area contributed by atoms with Crippen LogP contribution >= 0.6 is 7.82 Å². The Morgan fingerprint density at radius 1 is 0.492 bits per heavy atom. The Morgan fingerprint density at radius 3 is 1.36 bits per heavy atom. The summed E-state index contributed by atoms with van der Waals surface area (Å²) in [5.74, 6) is -0.873. The third-order valence-electron chi connectivity index (χ3n) is 9.93. The number of ether oxygens (including phenoxy) is 2. The standard InChI is InChI=1S/C50H87O8P/c1-4-6-8-10-12-14-16-18-20-22-23-24-25-26-27-29-30-32-34-36-38-40-42-44-49(51)56-46-48(47-57-59(53,54)55-3)58-50(52)45-43-41-39-37-35-33-31-28-21-19-17-15-13-11-9-7-5-2/h7,9,13,15,19,21-23,31,33,37,39,48H,4-6,8,10-12,14,16-18,20,24-30,32,34-36,38,40-47H2,1-3H3,(H,53,54)/b9-7-,15-13-,21-19-,23-22-,33-31-,39-37-. The maximum Gasteiger partial charge on any atom is 0.472 e. The second-order valence-electron chi connectivity index (χ2n) is 15.5. The highest BCUT2D eigenvalue weighted by Gasteiger charge is 2.24. The van der Waals surface area contributed by atoms with Crippen LogP contribution in [0.15, 0.2) is 72.9 Å². The molecule has 59 heavy (non-hydrogen) atoms. The first-order chi connectivity index (χ1) is 28.8. The van der Waals surface area contributed by atoms with Gasteiger partial charge in [0.15, 0.2) is 6.10 Å². The van der Waals surface area contributed by atoms with Crippen LogP contribution in [-0.2, 0) is 32.7 Å². The molecule has 0 aliphatic carbocycles. The van der Waals surface area contributed by atoms with Gasteiger partial charge in [-0.2, -0.15) is 0 Å². The molecule has 0 saturated carbocycles. The minimum atomic E-state index is -4.28. The zero-order valence-electron chi connectivity index (χ0n) is 37.9. The lowest BCUT2D eigenvalue weighted by Crippen LogP contribution is -2.29. The van der Waals surface area contributed by atoms with E-state index in [2.05, 4.69) is 85.2 Å². The molecule has 0 aromatic carbocycles. The van der Waals surface area contributed by atoms with Gasteiger partial charge in [0, 0.05) is 20.0 Å². The van der Waals surface area contributed by atoms with Crippen LogP contribution in [0.4, 0.5) is 0 Å². The number of carbonyl (C=O) groups excluding carboxylic acids is 2. The van der Waals surface area contributed by atoms with E-state index in [0.29, 0.717) is 12.8 Å². The molecule has 0 aliphatic heterocycles. The van der Waals surface area contributed by atoms with Gasteiger partial charge in [0.1, 0.15) is 6.61 Å². The highest BCUT2D eigenvalue weighted by Crippen LogP contribution is 2.42. The third kappa shape index (κ3) is 44.9. The number of esters is 2. The number of phosphoric ester groups is 1. The van der Waals surface area contributed by atoms with E-state index in [1.807, 2.05) is 6.08 Å².